The number of benzene rings is 2. The number of hydrogen-bond donors (Lipinski definition) is 0. The Balaban J connectivity index is 2.08. The third-order valence-corrected chi connectivity index (χ3v) is 5.38. The van der Waals surface area contributed by atoms with Crippen LogP contribution < -0.4 is 0 Å². The average Bonchev–Trinajstić information content (AvgIpc) is 2.66. The van der Waals surface area contributed by atoms with Crippen LogP contribution >= 0.6 is 0 Å². The summed E-state index contributed by atoms with van der Waals surface area (Å²) in [7, 11) is 0. The fourth-order valence-electron chi connectivity index (χ4n) is 3.91. The maximum absolute atomic E-state index is 13.1. The van der Waals surface area contributed by atoms with Gasteiger partial charge in [-0.1, -0.05) is 54.1 Å². The first-order valence-electron chi connectivity index (χ1n) is 10.1. The Bertz CT molecular complexity index is 944. The van der Waals surface area contributed by atoms with E-state index in [1.165, 1.54) is 0 Å². The summed E-state index contributed by atoms with van der Waals surface area (Å²) in [5.74, 6) is -0.604. The summed E-state index contributed by atoms with van der Waals surface area (Å²) in [6.07, 6.45) is 0.0408. The van der Waals surface area contributed by atoms with E-state index >= 15 is 0 Å². The maximum Gasteiger partial charge on any atom is 0.336 e. The van der Waals surface area contributed by atoms with Gasteiger partial charge in [0.2, 0.25) is 5.91 Å². The van der Waals surface area contributed by atoms with Crippen LogP contribution in [0.1, 0.15) is 55.4 Å². The summed E-state index contributed by atoms with van der Waals surface area (Å²) in [6, 6.07) is 16.0. The molecule has 4 heteroatoms. The van der Waals surface area contributed by atoms with Gasteiger partial charge in [0.15, 0.2) is 0 Å². The highest BCUT2D eigenvalue weighted by atomic mass is 16.5. The van der Waals surface area contributed by atoms with E-state index in [9.17, 15) is 9.59 Å². The predicted molar refractivity (Wildman–Crippen MR) is 114 cm³/mol. The summed E-state index contributed by atoms with van der Waals surface area (Å²) in [6.45, 7) is 10.0. The number of allylic oxidation sites excluding steroid dienone is 1. The summed E-state index contributed by atoms with van der Waals surface area (Å²) in [5.41, 5.74) is 5.51. The summed E-state index contributed by atoms with van der Waals surface area (Å²) < 4.78 is 5.58. The van der Waals surface area contributed by atoms with Gasteiger partial charge in [0.1, 0.15) is 0 Å². The van der Waals surface area contributed by atoms with Gasteiger partial charge in [-0.3, -0.25) is 4.79 Å². The Morgan fingerprint density at radius 1 is 1.10 bits per heavy atom. The van der Waals surface area contributed by atoms with Gasteiger partial charge in [-0.05, 0) is 51.3 Å². The van der Waals surface area contributed by atoms with E-state index in [0.717, 1.165) is 22.3 Å². The number of nitrogens with zero attached hydrogens (tertiary/aromatic N) is 1. The minimum atomic E-state index is -0.339. The van der Waals surface area contributed by atoms with Gasteiger partial charge < -0.3 is 9.64 Å². The Hall–Kier alpha value is -2.88. The number of aryl methyl sites for hydroxylation is 2. The van der Waals surface area contributed by atoms with Crippen molar-refractivity contribution >= 4 is 11.9 Å². The Labute approximate surface area is 173 Å². The SMILES string of the molecule is CC1=C(C(=O)OC(C)C)[C@H](c2cc(C)ccc2C)CC(=O)N1Cc1ccccc1. The van der Waals surface area contributed by atoms with Crippen molar-refractivity contribution < 1.29 is 14.3 Å². The van der Waals surface area contributed by atoms with Crippen molar-refractivity contribution in [3.63, 3.8) is 0 Å². The molecule has 1 aliphatic heterocycles. The van der Waals surface area contributed by atoms with Gasteiger partial charge >= 0.3 is 5.97 Å². The minimum absolute atomic E-state index is 0.0263. The monoisotopic (exact) mass is 391 g/mol. The standard InChI is InChI=1S/C25H29NO3/c1-16(2)29-25(28)24-19(5)26(15-20-9-7-6-8-10-20)23(27)14-22(24)21-13-17(3)11-12-18(21)4/h6-13,16,22H,14-15H2,1-5H3/t22-/m0/s1. The van der Waals surface area contributed by atoms with E-state index in [0.29, 0.717) is 17.8 Å². The van der Waals surface area contributed by atoms with Gasteiger partial charge in [-0.25, -0.2) is 4.79 Å². The number of hydrogen-bond acceptors (Lipinski definition) is 3. The zero-order chi connectivity index (χ0) is 21.1. The lowest BCUT2D eigenvalue weighted by atomic mass is 9.81. The van der Waals surface area contributed by atoms with Crippen molar-refractivity contribution in [2.75, 3.05) is 0 Å². The topological polar surface area (TPSA) is 46.6 Å². The molecule has 0 saturated heterocycles. The van der Waals surface area contributed by atoms with Gasteiger partial charge in [0.05, 0.1) is 18.2 Å². The quantitative estimate of drug-likeness (QED) is 0.671. The van der Waals surface area contributed by atoms with Crippen LogP contribution in [-0.2, 0) is 20.9 Å². The maximum atomic E-state index is 13.1. The van der Waals surface area contributed by atoms with Crippen LogP contribution in [0.5, 0.6) is 0 Å². The normalized spacial score (nSPS) is 17.1. The van der Waals surface area contributed by atoms with Gasteiger partial charge in [0, 0.05) is 18.0 Å². The largest absolute Gasteiger partial charge is 0.460 e. The van der Waals surface area contributed by atoms with E-state index < -0.39 is 0 Å². The molecule has 0 unspecified atom stereocenters. The molecule has 0 spiro atoms. The second-order valence-corrected chi connectivity index (χ2v) is 8.04. The number of esters is 1. The van der Waals surface area contributed by atoms with Gasteiger partial charge in [-0.15, -0.1) is 0 Å². The lowest BCUT2D eigenvalue weighted by molar-refractivity contribution is -0.143. The third-order valence-electron chi connectivity index (χ3n) is 5.38. The molecule has 2 aromatic carbocycles. The average molecular weight is 392 g/mol. The van der Waals surface area contributed by atoms with Crippen LogP contribution in [0.3, 0.4) is 0 Å². The number of amides is 1. The number of carbonyl (C=O) groups is 2. The number of rotatable bonds is 5. The minimum Gasteiger partial charge on any atom is -0.460 e. The van der Waals surface area contributed by atoms with Crippen molar-refractivity contribution in [1.29, 1.82) is 0 Å². The van der Waals surface area contributed by atoms with E-state index in [1.54, 1.807) is 4.90 Å². The van der Waals surface area contributed by atoms with Crippen molar-refractivity contribution in [3.05, 3.63) is 82.1 Å². The van der Waals surface area contributed by atoms with Crippen LogP contribution in [-0.4, -0.2) is 22.9 Å². The fourth-order valence-corrected chi connectivity index (χ4v) is 3.91. The summed E-state index contributed by atoms with van der Waals surface area (Å²) in [4.78, 5) is 27.9. The molecule has 1 aliphatic rings. The Morgan fingerprint density at radius 2 is 1.79 bits per heavy atom. The highest BCUT2D eigenvalue weighted by Crippen LogP contribution is 2.39. The second kappa shape index (κ2) is 8.64. The molecular weight excluding hydrogens is 362 g/mol. The first-order valence-corrected chi connectivity index (χ1v) is 10.1. The first kappa shape index (κ1) is 20.8. The molecule has 2 aromatic rings. The smallest absolute Gasteiger partial charge is 0.336 e. The van der Waals surface area contributed by atoms with Crippen LogP contribution in [0.15, 0.2) is 59.8 Å². The highest BCUT2D eigenvalue weighted by Gasteiger charge is 2.37. The lowest BCUT2D eigenvalue weighted by Gasteiger charge is -2.35. The molecule has 0 saturated carbocycles. The lowest BCUT2D eigenvalue weighted by Crippen LogP contribution is -2.38. The molecule has 0 aliphatic carbocycles. The first-order chi connectivity index (χ1) is 13.8. The molecule has 0 fully saturated rings. The molecule has 1 amide bonds. The third kappa shape index (κ3) is 4.58. The molecule has 3 rings (SSSR count). The molecule has 0 aromatic heterocycles. The van der Waals surface area contributed by atoms with Crippen LogP contribution in [0, 0.1) is 13.8 Å². The molecule has 0 N–H and O–H groups in total. The summed E-state index contributed by atoms with van der Waals surface area (Å²) in [5, 5.41) is 0. The Kier molecular flexibility index (Phi) is 6.21. The second-order valence-electron chi connectivity index (χ2n) is 8.04. The van der Waals surface area contributed by atoms with Crippen molar-refractivity contribution in [2.45, 2.75) is 59.6 Å². The number of carbonyl (C=O) groups excluding carboxylic acids is 2. The summed E-state index contributed by atoms with van der Waals surface area (Å²) >= 11 is 0. The molecule has 1 heterocycles. The molecule has 0 bridgehead atoms. The van der Waals surface area contributed by atoms with Crippen molar-refractivity contribution in [3.8, 4) is 0 Å². The molecule has 152 valence electrons. The van der Waals surface area contributed by atoms with Gasteiger partial charge in [0.25, 0.3) is 0 Å². The van der Waals surface area contributed by atoms with E-state index in [2.05, 4.69) is 6.07 Å². The van der Waals surface area contributed by atoms with Crippen molar-refractivity contribution in [1.82, 2.24) is 4.90 Å². The molecule has 29 heavy (non-hydrogen) atoms. The Morgan fingerprint density at radius 3 is 2.45 bits per heavy atom. The highest BCUT2D eigenvalue weighted by molar-refractivity contribution is 5.96. The van der Waals surface area contributed by atoms with E-state index in [1.807, 2.05) is 77.1 Å². The molecule has 1 atom stereocenters. The van der Waals surface area contributed by atoms with Crippen LogP contribution in [0.2, 0.25) is 0 Å². The van der Waals surface area contributed by atoms with E-state index in [4.69, 9.17) is 4.74 Å². The fraction of sp³-hybridized carbons (Fsp3) is 0.360. The molecular formula is C25H29NO3. The van der Waals surface area contributed by atoms with Crippen molar-refractivity contribution in [2.24, 2.45) is 0 Å². The zero-order valence-corrected chi connectivity index (χ0v) is 17.9. The molecule has 0 radical (unpaired) electrons. The van der Waals surface area contributed by atoms with Crippen LogP contribution in [0.25, 0.3) is 0 Å². The van der Waals surface area contributed by atoms with Gasteiger partial charge in [-0.2, -0.15) is 0 Å². The van der Waals surface area contributed by atoms with Crippen LogP contribution in [0.4, 0.5) is 0 Å². The molecule has 4 nitrogen and oxygen atoms in total. The van der Waals surface area contributed by atoms with E-state index in [-0.39, 0.29) is 30.3 Å². The number of ether oxygens (including phenoxy) is 1. The zero-order valence-electron chi connectivity index (χ0n) is 17.9. The predicted octanol–water partition coefficient (Wildman–Crippen LogP) is 5.05.